The Kier molecular flexibility index (Phi) is 70.2. The van der Waals surface area contributed by atoms with Gasteiger partial charge in [0.05, 0.1) is 291 Å². The summed E-state index contributed by atoms with van der Waals surface area (Å²) in [6.07, 6.45) is 2.04. The summed E-state index contributed by atoms with van der Waals surface area (Å²) < 4.78 is 126. The Hall–Kier alpha value is -0.920. The highest BCUT2D eigenvalue weighted by molar-refractivity contribution is 4.42. The molecule has 23 heteroatoms. The number of hydrogen-bond acceptors (Lipinski definition) is 23. The fourth-order valence-corrected chi connectivity index (χ4v) is 5.23. The molecule has 0 N–H and O–H groups in total. The fourth-order valence-electron chi connectivity index (χ4n) is 5.23. The minimum Gasteiger partial charge on any atom is -0.379 e. The second-order valence-corrected chi connectivity index (χ2v) is 15.1. The van der Waals surface area contributed by atoms with Gasteiger partial charge in [-0.05, 0) is 12.8 Å². The van der Waals surface area contributed by atoms with Crippen LogP contribution in [0.4, 0.5) is 0 Å². The summed E-state index contributed by atoms with van der Waals surface area (Å²) in [6, 6.07) is 0. The Balaban J connectivity index is 3.07. The summed E-state index contributed by atoms with van der Waals surface area (Å²) in [5.74, 6) is 0. The SMILES string of the molecule is CCCOCCOCCOCCOCCOCCOCCOCCOCCOCCOCCOCCOCCOCCOCCOCCOCCOCCOCCOCCOCCOCCOCCOCCC. The molecule has 0 aromatic rings. The third-order valence-corrected chi connectivity index (χ3v) is 8.88. The highest BCUT2D eigenvalue weighted by Crippen LogP contribution is 1.91. The van der Waals surface area contributed by atoms with E-state index in [0.717, 1.165) is 26.1 Å². The fraction of sp³-hybridized carbons (Fsp3) is 1.00. The Bertz CT molecular complexity index is 869. The molecule has 23 nitrogen and oxygen atoms in total. The minimum atomic E-state index is 0.490. The Morgan fingerprint density at radius 1 is 0.0959 bits per heavy atom. The van der Waals surface area contributed by atoms with Crippen LogP contribution in [-0.2, 0) is 109 Å². The van der Waals surface area contributed by atoms with Crippen molar-refractivity contribution in [2.75, 3.05) is 304 Å². The smallest absolute Gasteiger partial charge is 0.0701 e. The molecule has 0 atom stereocenters. The molecule has 0 rings (SSSR count). The van der Waals surface area contributed by atoms with Gasteiger partial charge in [0.15, 0.2) is 0 Å². The number of hydrogen-bond donors (Lipinski definition) is 0. The summed E-state index contributed by atoms with van der Waals surface area (Å²) in [5.41, 5.74) is 0. The van der Waals surface area contributed by atoms with Crippen LogP contribution in [0.2, 0.25) is 0 Å². The monoisotopic (exact) mass is 1070 g/mol. The number of rotatable bonds is 70. The van der Waals surface area contributed by atoms with Crippen molar-refractivity contribution in [3.8, 4) is 0 Å². The van der Waals surface area contributed by atoms with Crippen LogP contribution < -0.4 is 0 Å². The van der Waals surface area contributed by atoms with Gasteiger partial charge in [-0.3, -0.25) is 0 Å². The number of ether oxygens (including phenoxy) is 23. The summed E-state index contributed by atoms with van der Waals surface area (Å²) >= 11 is 0. The Labute approximate surface area is 438 Å². The van der Waals surface area contributed by atoms with Gasteiger partial charge in [-0.25, -0.2) is 0 Å². The lowest BCUT2D eigenvalue weighted by Crippen LogP contribution is -2.16. The third kappa shape index (κ3) is 71.1. The van der Waals surface area contributed by atoms with Gasteiger partial charge >= 0.3 is 0 Å². The molecule has 0 aliphatic heterocycles. The van der Waals surface area contributed by atoms with Crippen molar-refractivity contribution in [1.29, 1.82) is 0 Å². The van der Waals surface area contributed by atoms with Crippen LogP contribution in [0.3, 0.4) is 0 Å². The molecule has 73 heavy (non-hydrogen) atoms. The quantitative estimate of drug-likeness (QED) is 0.0799. The van der Waals surface area contributed by atoms with Crippen molar-refractivity contribution in [2.24, 2.45) is 0 Å². The molecule has 440 valence electrons. The highest BCUT2D eigenvalue weighted by Gasteiger charge is 2.00. The van der Waals surface area contributed by atoms with E-state index in [4.69, 9.17) is 109 Å². The predicted octanol–water partition coefficient (Wildman–Crippen LogP) is 2.19. The molecule has 0 saturated carbocycles. The molecule has 0 unspecified atom stereocenters. The van der Waals surface area contributed by atoms with E-state index in [0.29, 0.717) is 291 Å². The molecule has 0 radical (unpaired) electrons. The van der Waals surface area contributed by atoms with Crippen molar-refractivity contribution in [1.82, 2.24) is 0 Å². The van der Waals surface area contributed by atoms with Crippen molar-refractivity contribution in [2.45, 2.75) is 26.7 Å². The normalized spacial score (nSPS) is 11.8. The van der Waals surface area contributed by atoms with Crippen molar-refractivity contribution >= 4 is 0 Å². The van der Waals surface area contributed by atoms with Crippen LogP contribution in [-0.4, -0.2) is 304 Å². The summed E-state index contributed by atoms with van der Waals surface area (Å²) in [4.78, 5) is 0. The summed E-state index contributed by atoms with van der Waals surface area (Å²) in [5, 5.41) is 0. The maximum Gasteiger partial charge on any atom is 0.0701 e. The zero-order valence-electron chi connectivity index (χ0n) is 45.3. The molecule has 0 aromatic heterocycles. The first-order valence-electron chi connectivity index (χ1n) is 26.7. The van der Waals surface area contributed by atoms with E-state index in [2.05, 4.69) is 13.8 Å². The second kappa shape index (κ2) is 71.1. The van der Waals surface area contributed by atoms with Gasteiger partial charge in [0.1, 0.15) is 0 Å². The topological polar surface area (TPSA) is 212 Å². The summed E-state index contributed by atoms with van der Waals surface area (Å²) in [7, 11) is 0. The van der Waals surface area contributed by atoms with Gasteiger partial charge < -0.3 is 109 Å². The van der Waals surface area contributed by atoms with Crippen LogP contribution in [0.15, 0.2) is 0 Å². The van der Waals surface area contributed by atoms with Gasteiger partial charge in [-0.15, -0.1) is 0 Å². The first-order chi connectivity index (χ1) is 36.4. The average Bonchev–Trinajstić information content (AvgIpc) is 3.40. The molecule has 0 bridgehead atoms. The average molecular weight is 1070 g/mol. The van der Waals surface area contributed by atoms with Crippen LogP contribution in [0, 0.1) is 0 Å². The van der Waals surface area contributed by atoms with Gasteiger partial charge in [-0.1, -0.05) is 13.8 Å². The lowest BCUT2D eigenvalue weighted by atomic mass is 10.5. The van der Waals surface area contributed by atoms with Gasteiger partial charge in [-0.2, -0.15) is 0 Å². The first-order valence-corrected chi connectivity index (χ1v) is 26.7. The van der Waals surface area contributed by atoms with Gasteiger partial charge in [0, 0.05) is 13.2 Å². The van der Waals surface area contributed by atoms with E-state index in [1.807, 2.05) is 0 Å². The van der Waals surface area contributed by atoms with Gasteiger partial charge in [0.2, 0.25) is 0 Å². The highest BCUT2D eigenvalue weighted by atomic mass is 16.6. The van der Waals surface area contributed by atoms with E-state index in [1.54, 1.807) is 0 Å². The Morgan fingerprint density at radius 3 is 0.205 bits per heavy atom. The van der Waals surface area contributed by atoms with E-state index < -0.39 is 0 Å². The lowest BCUT2D eigenvalue weighted by molar-refractivity contribution is -0.0318. The molecule has 0 aromatic carbocycles. The molecule has 0 aliphatic rings. The van der Waals surface area contributed by atoms with E-state index in [9.17, 15) is 0 Å². The Morgan fingerprint density at radius 2 is 0.151 bits per heavy atom. The van der Waals surface area contributed by atoms with Crippen molar-refractivity contribution < 1.29 is 109 Å². The molecular weight excluding hydrogens is 969 g/mol. The molecule has 0 amide bonds. The zero-order valence-corrected chi connectivity index (χ0v) is 45.3. The van der Waals surface area contributed by atoms with Crippen LogP contribution in [0.5, 0.6) is 0 Å². The maximum absolute atomic E-state index is 5.52. The van der Waals surface area contributed by atoms with E-state index in [-0.39, 0.29) is 0 Å². The first kappa shape index (κ1) is 72.1. The van der Waals surface area contributed by atoms with Crippen molar-refractivity contribution in [3.63, 3.8) is 0 Å². The van der Waals surface area contributed by atoms with Crippen LogP contribution in [0.25, 0.3) is 0 Å². The largest absolute Gasteiger partial charge is 0.379 e. The molecular formula is C50H102O23. The maximum atomic E-state index is 5.52. The standard InChI is InChI=1S/C50H102O23/c1-3-5-51-7-9-53-11-13-55-15-17-57-19-21-59-23-25-61-27-29-63-31-33-65-35-37-67-39-41-69-43-45-71-47-49-73-50-48-72-46-44-70-42-40-68-38-36-66-34-32-64-30-28-62-26-24-60-22-20-58-18-16-56-14-12-54-10-8-52-6-4-2/h3-50H2,1-2H3. The van der Waals surface area contributed by atoms with Crippen LogP contribution >= 0.6 is 0 Å². The second-order valence-electron chi connectivity index (χ2n) is 15.1. The molecule has 0 saturated heterocycles. The van der Waals surface area contributed by atoms with Crippen LogP contribution in [0.1, 0.15) is 26.7 Å². The molecule has 0 heterocycles. The van der Waals surface area contributed by atoms with Crippen molar-refractivity contribution in [3.05, 3.63) is 0 Å². The molecule has 0 aliphatic carbocycles. The third-order valence-electron chi connectivity index (χ3n) is 8.88. The van der Waals surface area contributed by atoms with Gasteiger partial charge in [0.25, 0.3) is 0 Å². The zero-order chi connectivity index (χ0) is 52.2. The van der Waals surface area contributed by atoms with E-state index >= 15 is 0 Å². The molecule has 0 fully saturated rings. The van der Waals surface area contributed by atoms with E-state index in [1.165, 1.54) is 0 Å². The predicted molar refractivity (Wildman–Crippen MR) is 269 cm³/mol. The lowest BCUT2D eigenvalue weighted by Gasteiger charge is -2.09. The summed E-state index contributed by atoms with van der Waals surface area (Å²) in [6.45, 7) is 28.4. The molecule has 0 spiro atoms. The minimum absolute atomic E-state index is 0.490.